The second-order valence-corrected chi connectivity index (χ2v) is 5.97. The van der Waals surface area contributed by atoms with Gasteiger partial charge in [-0.1, -0.05) is 18.6 Å². The summed E-state index contributed by atoms with van der Waals surface area (Å²) in [6.45, 7) is 2.35. The minimum atomic E-state index is 0.438. The molecule has 0 aromatic carbocycles. The predicted octanol–water partition coefficient (Wildman–Crippen LogP) is 2.71. The minimum Gasteiger partial charge on any atom is -0.327 e. The molecule has 74 valence electrons. The van der Waals surface area contributed by atoms with Gasteiger partial charge in [-0.15, -0.1) is 0 Å². The summed E-state index contributed by atoms with van der Waals surface area (Å²) in [5.74, 6) is 0. The molecule has 1 saturated heterocycles. The summed E-state index contributed by atoms with van der Waals surface area (Å²) in [5, 5.41) is 1.71. The van der Waals surface area contributed by atoms with Gasteiger partial charge in [-0.25, -0.2) is 0 Å². The Labute approximate surface area is 85.2 Å². The SMILES string of the molecule is CC1CCC(C2=CCC(N)CC2)S1. The summed E-state index contributed by atoms with van der Waals surface area (Å²) in [5.41, 5.74) is 7.56. The van der Waals surface area contributed by atoms with E-state index in [2.05, 4.69) is 24.8 Å². The molecule has 0 aromatic heterocycles. The first-order valence-electron chi connectivity index (χ1n) is 5.35. The molecule has 1 heterocycles. The Bertz CT molecular complexity index is 212. The third-order valence-corrected chi connectivity index (χ3v) is 4.70. The van der Waals surface area contributed by atoms with Crippen LogP contribution in [-0.2, 0) is 0 Å². The highest BCUT2D eigenvalue weighted by Gasteiger charge is 2.26. The number of thioether (sulfide) groups is 1. The first kappa shape index (κ1) is 9.60. The summed E-state index contributed by atoms with van der Waals surface area (Å²) in [7, 11) is 0. The van der Waals surface area contributed by atoms with Gasteiger partial charge in [0.1, 0.15) is 0 Å². The van der Waals surface area contributed by atoms with Crippen LogP contribution in [0.3, 0.4) is 0 Å². The van der Waals surface area contributed by atoms with Crippen LogP contribution in [0.1, 0.15) is 39.0 Å². The first-order valence-corrected chi connectivity index (χ1v) is 6.30. The lowest BCUT2D eigenvalue weighted by molar-refractivity contribution is 0.577. The van der Waals surface area contributed by atoms with Crippen molar-refractivity contribution in [1.82, 2.24) is 0 Å². The molecule has 0 saturated carbocycles. The highest BCUT2D eigenvalue weighted by atomic mass is 32.2. The molecule has 3 unspecified atom stereocenters. The fourth-order valence-electron chi connectivity index (χ4n) is 2.24. The number of rotatable bonds is 1. The Hall–Kier alpha value is 0.0500. The van der Waals surface area contributed by atoms with Crippen LogP contribution in [0.15, 0.2) is 11.6 Å². The molecule has 1 fully saturated rings. The standard InChI is InChI=1S/C11H19NS/c1-8-2-7-11(13-8)9-3-5-10(12)6-4-9/h3,8,10-11H,2,4-7,12H2,1H3. The molecule has 1 nitrogen and oxygen atoms in total. The zero-order valence-electron chi connectivity index (χ0n) is 8.33. The van der Waals surface area contributed by atoms with Gasteiger partial charge in [0.2, 0.25) is 0 Å². The van der Waals surface area contributed by atoms with Gasteiger partial charge in [0.25, 0.3) is 0 Å². The zero-order chi connectivity index (χ0) is 9.26. The Morgan fingerprint density at radius 1 is 1.38 bits per heavy atom. The maximum Gasteiger partial charge on any atom is 0.0259 e. The first-order chi connectivity index (χ1) is 6.25. The fourth-order valence-corrected chi connectivity index (χ4v) is 3.74. The maximum absolute atomic E-state index is 5.87. The second kappa shape index (κ2) is 4.05. The van der Waals surface area contributed by atoms with Gasteiger partial charge in [0, 0.05) is 16.5 Å². The third-order valence-electron chi connectivity index (χ3n) is 3.13. The molecule has 3 atom stereocenters. The predicted molar refractivity (Wildman–Crippen MR) is 60.0 cm³/mol. The third kappa shape index (κ3) is 2.29. The minimum absolute atomic E-state index is 0.438. The molecule has 1 aliphatic carbocycles. The van der Waals surface area contributed by atoms with Crippen LogP contribution >= 0.6 is 11.8 Å². The molecular formula is C11H19NS. The number of hydrogen-bond donors (Lipinski definition) is 1. The van der Waals surface area contributed by atoms with Crippen molar-refractivity contribution < 1.29 is 0 Å². The molecule has 1 aliphatic heterocycles. The van der Waals surface area contributed by atoms with Crippen molar-refractivity contribution in [2.24, 2.45) is 5.73 Å². The zero-order valence-corrected chi connectivity index (χ0v) is 9.15. The van der Waals surface area contributed by atoms with Gasteiger partial charge in [-0.2, -0.15) is 11.8 Å². The molecule has 2 aliphatic rings. The topological polar surface area (TPSA) is 26.0 Å². The Morgan fingerprint density at radius 2 is 2.23 bits per heavy atom. The molecule has 0 spiro atoms. The van der Waals surface area contributed by atoms with Crippen molar-refractivity contribution in [2.45, 2.75) is 55.6 Å². The van der Waals surface area contributed by atoms with Crippen LogP contribution in [-0.4, -0.2) is 16.5 Å². The van der Waals surface area contributed by atoms with Crippen molar-refractivity contribution in [1.29, 1.82) is 0 Å². The fraction of sp³-hybridized carbons (Fsp3) is 0.818. The Morgan fingerprint density at radius 3 is 2.77 bits per heavy atom. The van der Waals surface area contributed by atoms with Gasteiger partial charge in [0.05, 0.1) is 0 Å². The van der Waals surface area contributed by atoms with Gasteiger partial charge in [-0.05, 0) is 32.1 Å². The number of nitrogens with two attached hydrogens (primary N) is 1. The molecule has 2 rings (SSSR count). The van der Waals surface area contributed by atoms with Crippen LogP contribution in [0.2, 0.25) is 0 Å². The molecule has 2 N–H and O–H groups in total. The van der Waals surface area contributed by atoms with E-state index in [1.54, 1.807) is 5.57 Å². The summed E-state index contributed by atoms with van der Waals surface area (Å²) in [6.07, 6.45) is 8.78. The molecule has 0 bridgehead atoms. The van der Waals surface area contributed by atoms with Crippen LogP contribution in [0.25, 0.3) is 0 Å². The van der Waals surface area contributed by atoms with E-state index in [1.165, 1.54) is 25.7 Å². The largest absolute Gasteiger partial charge is 0.327 e. The summed E-state index contributed by atoms with van der Waals surface area (Å²) in [6, 6.07) is 0.438. The highest BCUT2D eigenvalue weighted by molar-refractivity contribution is 8.00. The van der Waals surface area contributed by atoms with Crippen molar-refractivity contribution in [3.05, 3.63) is 11.6 Å². The van der Waals surface area contributed by atoms with Gasteiger partial charge in [0.15, 0.2) is 0 Å². The lowest BCUT2D eigenvalue weighted by atomic mass is 9.92. The molecule has 0 amide bonds. The van der Waals surface area contributed by atoms with Gasteiger partial charge < -0.3 is 5.73 Å². The molecule has 13 heavy (non-hydrogen) atoms. The molecule has 2 heteroatoms. The molecule has 0 radical (unpaired) electrons. The van der Waals surface area contributed by atoms with E-state index >= 15 is 0 Å². The van der Waals surface area contributed by atoms with Gasteiger partial charge in [-0.3, -0.25) is 0 Å². The van der Waals surface area contributed by atoms with E-state index in [0.717, 1.165) is 16.9 Å². The quantitative estimate of drug-likeness (QED) is 0.654. The van der Waals surface area contributed by atoms with E-state index in [9.17, 15) is 0 Å². The highest BCUT2D eigenvalue weighted by Crippen LogP contribution is 2.40. The summed E-state index contributed by atoms with van der Waals surface area (Å²) >= 11 is 2.16. The van der Waals surface area contributed by atoms with E-state index in [4.69, 9.17) is 5.73 Å². The average molecular weight is 197 g/mol. The van der Waals surface area contributed by atoms with Gasteiger partial charge >= 0.3 is 0 Å². The van der Waals surface area contributed by atoms with Crippen LogP contribution in [0.4, 0.5) is 0 Å². The Balaban J connectivity index is 1.94. The monoisotopic (exact) mass is 197 g/mol. The normalized spacial score (nSPS) is 40.5. The van der Waals surface area contributed by atoms with E-state index in [0.29, 0.717) is 6.04 Å². The maximum atomic E-state index is 5.87. The number of hydrogen-bond acceptors (Lipinski definition) is 2. The summed E-state index contributed by atoms with van der Waals surface area (Å²) < 4.78 is 0. The lowest BCUT2D eigenvalue weighted by Gasteiger charge is -2.22. The second-order valence-electron chi connectivity index (χ2n) is 4.33. The van der Waals surface area contributed by atoms with E-state index < -0.39 is 0 Å². The lowest BCUT2D eigenvalue weighted by Crippen LogP contribution is -2.23. The smallest absolute Gasteiger partial charge is 0.0259 e. The molecular weight excluding hydrogens is 178 g/mol. The van der Waals surface area contributed by atoms with E-state index in [1.807, 2.05) is 0 Å². The van der Waals surface area contributed by atoms with E-state index in [-0.39, 0.29) is 0 Å². The van der Waals surface area contributed by atoms with Crippen LogP contribution in [0, 0.1) is 0 Å². The van der Waals surface area contributed by atoms with Crippen molar-refractivity contribution in [3.63, 3.8) is 0 Å². The summed E-state index contributed by atoms with van der Waals surface area (Å²) in [4.78, 5) is 0. The van der Waals surface area contributed by atoms with Crippen molar-refractivity contribution in [3.8, 4) is 0 Å². The Kier molecular flexibility index (Phi) is 2.99. The van der Waals surface area contributed by atoms with Crippen molar-refractivity contribution in [2.75, 3.05) is 0 Å². The van der Waals surface area contributed by atoms with Crippen LogP contribution < -0.4 is 5.73 Å². The van der Waals surface area contributed by atoms with Crippen molar-refractivity contribution >= 4 is 11.8 Å². The molecule has 0 aromatic rings. The average Bonchev–Trinajstić information content (AvgIpc) is 2.53. The van der Waals surface area contributed by atoms with Crippen LogP contribution in [0.5, 0.6) is 0 Å².